The molecule has 0 amide bonds. The fourth-order valence-electron chi connectivity index (χ4n) is 2.54. The molecular weight excluding hydrogens is 246 g/mol. The van der Waals surface area contributed by atoms with Crippen LogP contribution in [0.3, 0.4) is 0 Å². The van der Waals surface area contributed by atoms with Crippen LogP contribution in [0.15, 0.2) is 48.5 Å². The van der Waals surface area contributed by atoms with Crippen molar-refractivity contribution < 1.29 is 4.74 Å². The average molecular weight is 269 g/mol. The van der Waals surface area contributed by atoms with Gasteiger partial charge in [-0.05, 0) is 49.6 Å². The van der Waals surface area contributed by atoms with Crippen molar-refractivity contribution >= 4 is 0 Å². The third-order valence-corrected chi connectivity index (χ3v) is 3.75. The summed E-state index contributed by atoms with van der Waals surface area (Å²) in [5.41, 5.74) is 3.91. The van der Waals surface area contributed by atoms with Crippen molar-refractivity contribution in [2.75, 3.05) is 7.11 Å². The maximum absolute atomic E-state index is 5.29. The van der Waals surface area contributed by atoms with E-state index in [1.165, 1.54) is 16.7 Å². The Hall–Kier alpha value is -1.80. The molecule has 2 heteroatoms. The van der Waals surface area contributed by atoms with Gasteiger partial charge in [-0.25, -0.2) is 0 Å². The molecule has 2 rings (SSSR count). The van der Waals surface area contributed by atoms with Gasteiger partial charge in [0.1, 0.15) is 5.75 Å². The Balaban J connectivity index is 2.11. The van der Waals surface area contributed by atoms with Crippen LogP contribution in [0.4, 0.5) is 0 Å². The highest BCUT2D eigenvalue weighted by atomic mass is 16.5. The molecule has 1 N–H and O–H groups in total. The second-order valence-electron chi connectivity index (χ2n) is 5.24. The van der Waals surface area contributed by atoms with Crippen LogP contribution in [0.25, 0.3) is 0 Å². The minimum absolute atomic E-state index is 0.278. The van der Waals surface area contributed by atoms with Gasteiger partial charge in [-0.2, -0.15) is 0 Å². The van der Waals surface area contributed by atoms with Crippen LogP contribution in [-0.4, -0.2) is 7.11 Å². The highest BCUT2D eigenvalue weighted by molar-refractivity contribution is 5.32. The molecule has 0 aromatic heterocycles. The summed E-state index contributed by atoms with van der Waals surface area (Å²) in [5, 5.41) is 3.65. The molecule has 0 aliphatic rings. The van der Waals surface area contributed by atoms with E-state index >= 15 is 0 Å². The maximum atomic E-state index is 5.29. The maximum Gasteiger partial charge on any atom is 0.119 e. The third-order valence-electron chi connectivity index (χ3n) is 3.75. The summed E-state index contributed by atoms with van der Waals surface area (Å²) in [6.45, 7) is 6.55. The molecule has 0 saturated heterocycles. The third kappa shape index (κ3) is 3.40. The first-order chi connectivity index (χ1) is 9.61. The minimum atomic E-state index is 0.278. The van der Waals surface area contributed by atoms with Crippen LogP contribution in [0.2, 0.25) is 0 Å². The topological polar surface area (TPSA) is 21.3 Å². The second-order valence-corrected chi connectivity index (χ2v) is 5.24. The molecule has 0 heterocycles. The van der Waals surface area contributed by atoms with Gasteiger partial charge in [0.15, 0.2) is 0 Å². The number of rotatable bonds is 5. The number of methoxy groups -OCH3 is 1. The first kappa shape index (κ1) is 14.6. The molecule has 0 bridgehead atoms. The summed E-state index contributed by atoms with van der Waals surface area (Å²) in [5.74, 6) is 0.902. The zero-order valence-electron chi connectivity index (χ0n) is 12.7. The first-order valence-corrected chi connectivity index (χ1v) is 7.07. The van der Waals surface area contributed by atoms with Crippen molar-refractivity contribution in [3.63, 3.8) is 0 Å². The molecule has 2 aromatic carbocycles. The number of hydrogen-bond acceptors (Lipinski definition) is 2. The Morgan fingerprint density at radius 2 is 1.70 bits per heavy atom. The Morgan fingerprint density at radius 3 is 2.40 bits per heavy atom. The van der Waals surface area contributed by atoms with Crippen LogP contribution in [0.5, 0.6) is 5.75 Å². The van der Waals surface area contributed by atoms with E-state index < -0.39 is 0 Å². The number of nitrogens with one attached hydrogen (secondary N) is 1. The van der Waals surface area contributed by atoms with E-state index in [9.17, 15) is 0 Å². The largest absolute Gasteiger partial charge is 0.497 e. The molecular formula is C18H23NO. The molecule has 20 heavy (non-hydrogen) atoms. The van der Waals surface area contributed by atoms with Crippen molar-refractivity contribution in [1.82, 2.24) is 5.32 Å². The van der Waals surface area contributed by atoms with Gasteiger partial charge in [-0.15, -0.1) is 0 Å². The normalized spacial score (nSPS) is 13.8. The fourth-order valence-corrected chi connectivity index (χ4v) is 2.54. The Kier molecular flexibility index (Phi) is 4.80. The fraction of sp³-hybridized carbons (Fsp3) is 0.333. The Morgan fingerprint density at radius 1 is 0.950 bits per heavy atom. The SMILES string of the molecule is COc1cccc(C(C)N[C@H](C)c2ccccc2C)c1. The van der Waals surface area contributed by atoms with Crippen LogP contribution >= 0.6 is 0 Å². The predicted octanol–water partition coefficient (Wildman–Crippen LogP) is 4.42. The molecule has 0 radical (unpaired) electrons. The van der Waals surface area contributed by atoms with Gasteiger partial charge in [0, 0.05) is 12.1 Å². The summed E-state index contributed by atoms with van der Waals surface area (Å²) in [6, 6.07) is 17.3. The van der Waals surface area contributed by atoms with Gasteiger partial charge >= 0.3 is 0 Å². The molecule has 1 unspecified atom stereocenters. The lowest BCUT2D eigenvalue weighted by molar-refractivity contribution is 0.412. The molecule has 0 aliphatic heterocycles. The zero-order chi connectivity index (χ0) is 14.5. The lowest BCUT2D eigenvalue weighted by Crippen LogP contribution is -2.23. The number of ether oxygens (including phenoxy) is 1. The molecule has 106 valence electrons. The summed E-state index contributed by atoms with van der Waals surface area (Å²) in [6.07, 6.45) is 0. The van der Waals surface area contributed by atoms with E-state index in [1.54, 1.807) is 7.11 Å². The van der Waals surface area contributed by atoms with Crippen molar-refractivity contribution in [3.8, 4) is 5.75 Å². The van der Waals surface area contributed by atoms with Gasteiger partial charge < -0.3 is 10.1 Å². The van der Waals surface area contributed by atoms with Crippen molar-refractivity contribution in [2.45, 2.75) is 32.9 Å². The molecule has 0 saturated carbocycles. The van der Waals surface area contributed by atoms with E-state index in [0.717, 1.165) is 5.75 Å². The summed E-state index contributed by atoms with van der Waals surface area (Å²) in [4.78, 5) is 0. The summed E-state index contributed by atoms with van der Waals surface area (Å²) in [7, 11) is 1.70. The second kappa shape index (κ2) is 6.58. The lowest BCUT2D eigenvalue weighted by atomic mass is 10.0. The van der Waals surface area contributed by atoms with Crippen LogP contribution in [0, 0.1) is 6.92 Å². The highest BCUT2D eigenvalue weighted by Crippen LogP contribution is 2.23. The van der Waals surface area contributed by atoms with E-state index in [-0.39, 0.29) is 6.04 Å². The Bertz CT molecular complexity index is 565. The first-order valence-electron chi connectivity index (χ1n) is 7.07. The van der Waals surface area contributed by atoms with Crippen molar-refractivity contribution in [3.05, 3.63) is 65.2 Å². The van der Waals surface area contributed by atoms with E-state index in [1.807, 2.05) is 12.1 Å². The summed E-state index contributed by atoms with van der Waals surface area (Å²) >= 11 is 0. The van der Waals surface area contributed by atoms with Gasteiger partial charge in [-0.3, -0.25) is 0 Å². The van der Waals surface area contributed by atoms with Crippen LogP contribution in [-0.2, 0) is 0 Å². The molecule has 0 aliphatic carbocycles. The van der Waals surface area contributed by atoms with Gasteiger partial charge in [0.05, 0.1) is 7.11 Å². The van der Waals surface area contributed by atoms with Gasteiger partial charge in [0.25, 0.3) is 0 Å². The van der Waals surface area contributed by atoms with Gasteiger partial charge in [-0.1, -0.05) is 36.4 Å². The molecule has 2 aromatic rings. The highest BCUT2D eigenvalue weighted by Gasteiger charge is 2.12. The summed E-state index contributed by atoms with van der Waals surface area (Å²) < 4.78 is 5.29. The molecule has 2 atom stereocenters. The molecule has 0 fully saturated rings. The minimum Gasteiger partial charge on any atom is -0.497 e. The Labute approximate surface area is 121 Å². The standard InChI is InChI=1S/C18H23NO/c1-13-8-5-6-11-18(13)15(3)19-14(2)16-9-7-10-17(12-16)20-4/h5-12,14-15,19H,1-4H3/t14?,15-/m1/s1. The number of benzene rings is 2. The van der Waals surface area contributed by atoms with E-state index in [4.69, 9.17) is 4.74 Å². The number of aryl methyl sites for hydroxylation is 1. The van der Waals surface area contributed by atoms with Crippen molar-refractivity contribution in [2.24, 2.45) is 0 Å². The lowest BCUT2D eigenvalue weighted by Gasteiger charge is -2.22. The zero-order valence-corrected chi connectivity index (χ0v) is 12.7. The predicted molar refractivity (Wildman–Crippen MR) is 84.1 cm³/mol. The van der Waals surface area contributed by atoms with Gasteiger partial charge in [0.2, 0.25) is 0 Å². The number of hydrogen-bond donors (Lipinski definition) is 1. The monoisotopic (exact) mass is 269 g/mol. The molecule has 2 nitrogen and oxygen atoms in total. The molecule has 0 spiro atoms. The van der Waals surface area contributed by atoms with E-state index in [2.05, 4.69) is 62.5 Å². The average Bonchev–Trinajstić information content (AvgIpc) is 2.47. The van der Waals surface area contributed by atoms with Crippen LogP contribution in [0.1, 0.15) is 42.6 Å². The van der Waals surface area contributed by atoms with Crippen molar-refractivity contribution in [1.29, 1.82) is 0 Å². The van der Waals surface area contributed by atoms with Crippen LogP contribution < -0.4 is 10.1 Å². The van der Waals surface area contributed by atoms with E-state index in [0.29, 0.717) is 6.04 Å². The smallest absolute Gasteiger partial charge is 0.119 e. The quantitative estimate of drug-likeness (QED) is 0.867.